The molecular formula is C14H11F3O2S. The van der Waals surface area contributed by atoms with Gasteiger partial charge in [-0.3, -0.25) is 0 Å². The second-order valence-electron chi connectivity index (χ2n) is 4.34. The number of halogens is 3. The molecular weight excluding hydrogens is 289 g/mol. The molecule has 0 unspecified atom stereocenters. The van der Waals surface area contributed by atoms with Crippen molar-refractivity contribution >= 4 is 9.84 Å². The number of hydrogen-bond acceptors (Lipinski definition) is 2. The molecule has 0 amide bonds. The lowest BCUT2D eigenvalue weighted by Crippen LogP contribution is -2.09. The SMILES string of the molecule is CS(=O)(=O)c1ccc(-c2ccccc2)c(C(F)(F)F)c1. The molecule has 2 nitrogen and oxygen atoms in total. The van der Waals surface area contributed by atoms with E-state index < -0.39 is 21.6 Å². The molecule has 0 saturated carbocycles. The zero-order chi connectivity index (χ0) is 15.0. The van der Waals surface area contributed by atoms with Crippen LogP contribution in [-0.2, 0) is 16.0 Å². The minimum Gasteiger partial charge on any atom is -0.224 e. The minimum atomic E-state index is -4.62. The Morgan fingerprint density at radius 3 is 2.05 bits per heavy atom. The number of alkyl halides is 3. The number of sulfone groups is 1. The van der Waals surface area contributed by atoms with E-state index in [0.29, 0.717) is 11.6 Å². The van der Waals surface area contributed by atoms with Crippen molar-refractivity contribution in [2.75, 3.05) is 6.26 Å². The van der Waals surface area contributed by atoms with Gasteiger partial charge in [-0.15, -0.1) is 0 Å². The van der Waals surface area contributed by atoms with Gasteiger partial charge in [-0.05, 0) is 23.3 Å². The summed E-state index contributed by atoms with van der Waals surface area (Å²) < 4.78 is 62.1. The monoisotopic (exact) mass is 300 g/mol. The van der Waals surface area contributed by atoms with E-state index in [4.69, 9.17) is 0 Å². The first-order chi connectivity index (χ1) is 9.19. The van der Waals surface area contributed by atoms with Crippen LogP contribution in [0.15, 0.2) is 53.4 Å². The van der Waals surface area contributed by atoms with Crippen LogP contribution in [0.5, 0.6) is 0 Å². The molecule has 0 aliphatic heterocycles. The predicted octanol–water partition coefficient (Wildman–Crippen LogP) is 3.78. The number of rotatable bonds is 2. The predicted molar refractivity (Wildman–Crippen MR) is 70.0 cm³/mol. The van der Waals surface area contributed by atoms with Gasteiger partial charge in [0.1, 0.15) is 0 Å². The molecule has 6 heteroatoms. The highest BCUT2D eigenvalue weighted by molar-refractivity contribution is 7.90. The van der Waals surface area contributed by atoms with Crippen molar-refractivity contribution in [3.63, 3.8) is 0 Å². The average Bonchev–Trinajstić information content (AvgIpc) is 2.37. The molecule has 0 heterocycles. The first-order valence-corrected chi connectivity index (χ1v) is 7.55. The van der Waals surface area contributed by atoms with Gasteiger partial charge in [0.2, 0.25) is 0 Å². The Morgan fingerprint density at radius 1 is 0.950 bits per heavy atom. The van der Waals surface area contributed by atoms with Crippen LogP contribution in [0.4, 0.5) is 13.2 Å². The summed E-state index contributed by atoms with van der Waals surface area (Å²) in [6.45, 7) is 0. The quantitative estimate of drug-likeness (QED) is 0.846. The Balaban J connectivity index is 2.71. The van der Waals surface area contributed by atoms with Gasteiger partial charge in [0.25, 0.3) is 0 Å². The van der Waals surface area contributed by atoms with Crippen molar-refractivity contribution in [3.05, 3.63) is 54.1 Å². The van der Waals surface area contributed by atoms with Crippen LogP contribution in [0.2, 0.25) is 0 Å². The summed E-state index contributed by atoms with van der Waals surface area (Å²) in [5.41, 5.74) is -0.600. The van der Waals surface area contributed by atoms with E-state index in [1.807, 2.05) is 0 Å². The molecule has 0 bridgehead atoms. The first kappa shape index (κ1) is 14.6. The van der Waals surface area contributed by atoms with Crippen molar-refractivity contribution in [1.82, 2.24) is 0 Å². The normalized spacial score (nSPS) is 12.4. The largest absolute Gasteiger partial charge is 0.417 e. The van der Waals surface area contributed by atoms with Gasteiger partial charge in [0.15, 0.2) is 9.84 Å². The highest BCUT2D eigenvalue weighted by atomic mass is 32.2. The molecule has 2 aromatic rings. The standard InChI is InChI=1S/C14H11F3O2S/c1-20(18,19)11-7-8-12(10-5-3-2-4-6-10)13(9-11)14(15,16)17/h2-9H,1H3. The Morgan fingerprint density at radius 2 is 1.55 bits per heavy atom. The lowest BCUT2D eigenvalue weighted by atomic mass is 9.99. The van der Waals surface area contributed by atoms with Gasteiger partial charge >= 0.3 is 6.18 Å². The molecule has 106 valence electrons. The van der Waals surface area contributed by atoms with Crippen LogP contribution in [-0.4, -0.2) is 14.7 Å². The number of hydrogen-bond donors (Lipinski definition) is 0. The van der Waals surface area contributed by atoms with Crippen molar-refractivity contribution in [1.29, 1.82) is 0 Å². The smallest absolute Gasteiger partial charge is 0.224 e. The molecule has 0 radical (unpaired) electrons. The van der Waals surface area contributed by atoms with Crippen LogP contribution in [0, 0.1) is 0 Å². The van der Waals surface area contributed by atoms with Crippen LogP contribution in [0.3, 0.4) is 0 Å². The zero-order valence-electron chi connectivity index (χ0n) is 10.5. The van der Waals surface area contributed by atoms with E-state index >= 15 is 0 Å². The minimum absolute atomic E-state index is 0.0366. The topological polar surface area (TPSA) is 34.1 Å². The second-order valence-corrected chi connectivity index (χ2v) is 6.36. The van der Waals surface area contributed by atoms with E-state index in [1.54, 1.807) is 30.3 Å². The fourth-order valence-electron chi connectivity index (χ4n) is 1.86. The molecule has 0 fully saturated rings. The van der Waals surface area contributed by atoms with Crippen LogP contribution >= 0.6 is 0 Å². The molecule has 2 aromatic carbocycles. The third kappa shape index (κ3) is 3.01. The van der Waals surface area contributed by atoms with E-state index in [9.17, 15) is 21.6 Å². The maximum Gasteiger partial charge on any atom is 0.417 e. The first-order valence-electron chi connectivity index (χ1n) is 5.66. The van der Waals surface area contributed by atoms with E-state index in [2.05, 4.69) is 0 Å². The zero-order valence-corrected chi connectivity index (χ0v) is 11.3. The summed E-state index contributed by atoms with van der Waals surface area (Å²) in [6, 6.07) is 11.1. The van der Waals surface area contributed by atoms with Gasteiger partial charge in [-0.2, -0.15) is 13.2 Å². The Hall–Kier alpha value is -1.82. The van der Waals surface area contributed by atoms with Gasteiger partial charge < -0.3 is 0 Å². The second kappa shape index (κ2) is 4.94. The molecule has 0 aliphatic rings. The number of benzene rings is 2. The molecule has 0 saturated heterocycles. The van der Waals surface area contributed by atoms with Crippen LogP contribution in [0.25, 0.3) is 11.1 Å². The fraction of sp³-hybridized carbons (Fsp3) is 0.143. The molecule has 0 spiro atoms. The summed E-state index contributed by atoms with van der Waals surface area (Å²) in [6.07, 6.45) is -3.74. The van der Waals surface area contributed by atoms with Crippen molar-refractivity contribution < 1.29 is 21.6 Å². The van der Waals surface area contributed by atoms with Crippen molar-refractivity contribution in [3.8, 4) is 11.1 Å². The molecule has 0 atom stereocenters. The molecule has 0 N–H and O–H groups in total. The highest BCUT2D eigenvalue weighted by Gasteiger charge is 2.34. The maximum atomic E-state index is 13.1. The van der Waals surface area contributed by atoms with Gasteiger partial charge in [-0.25, -0.2) is 8.42 Å². The van der Waals surface area contributed by atoms with Crippen LogP contribution < -0.4 is 0 Å². The lowest BCUT2D eigenvalue weighted by Gasteiger charge is -2.14. The van der Waals surface area contributed by atoms with Crippen LogP contribution in [0.1, 0.15) is 5.56 Å². The van der Waals surface area contributed by atoms with Crippen molar-refractivity contribution in [2.45, 2.75) is 11.1 Å². The highest BCUT2D eigenvalue weighted by Crippen LogP contribution is 2.38. The maximum absolute atomic E-state index is 13.1. The molecule has 20 heavy (non-hydrogen) atoms. The third-order valence-corrected chi connectivity index (χ3v) is 3.92. The Bertz CT molecular complexity index is 720. The summed E-state index contributed by atoms with van der Waals surface area (Å²) in [4.78, 5) is -0.343. The van der Waals surface area contributed by atoms with Gasteiger partial charge in [-0.1, -0.05) is 36.4 Å². The Labute approximate surface area is 114 Å². The summed E-state index contributed by atoms with van der Waals surface area (Å²) in [5.74, 6) is 0. The summed E-state index contributed by atoms with van der Waals surface area (Å²) in [7, 11) is -3.68. The third-order valence-electron chi connectivity index (χ3n) is 2.81. The van der Waals surface area contributed by atoms with E-state index in [1.165, 1.54) is 12.1 Å². The van der Waals surface area contributed by atoms with Gasteiger partial charge in [0.05, 0.1) is 10.5 Å². The summed E-state index contributed by atoms with van der Waals surface area (Å²) in [5, 5.41) is 0. The van der Waals surface area contributed by atoms with E-state index in [0.717, 1.165) is 6.26 Å². The average molecular weight is 300 g/mol. The van der Waals surface area contributed by atoms with Crippen molar-refractivity contribution in [2.24, 2.45) is 0 Å². The molecule has 2 rings (SSSR count). The lowest BCUT2D eigenvalue weighted by molar-refractivity contribution is -0.137. The molecule has 0 aromatic heterocycles. The Kier molecular flexibility index (Phi) is 3.60. The molecule has 0 aliphatic carbocycles. The fourth-order valence-corrected chi connectivity index (χ4v) is 2.51. The van der Waals surface area contributed by atoms with Gasteiger partial charge in [0, 0.05) is 6.26 Å². The van der Waals surface area contributed by atoms with E-state index in [-0.39, 0.29) is 10.5 Å². The summed E-state index contributed by atoms with van der Waals surface area (Å²) >= 11 is 0.